The Balaban J connectivity index is 2.28. The van der Waals surface area contributed by atoms with Gasteiger partial charge in [0.15, 0.2) is 0 Å². The van der Waals surface area contributed by atoms with Crippen LogP contribution in [-0.4, -0.2) is 25.5 Å². The van der Waals surface area contributed by atoms with Gasteiger partial charge in [-0.2, -0.15) is 0 Å². The Kier molecular flexibility index (Phi) is 3.99. The van der Waals surface area contributed by atoms with Crippen LogP contribution in [0.4, 0.5) is 5.82 Å². The molecule has 0 N–H and O–H groups in total. The first kappa shape index (κ1) is 15.8. The summed E-state index contributed by atoms with van der Waals surface area (Å²) >= 11 is 0. The van der Waals surface area contributed by atoms with Gasteiger partial charge in [0.2, 0.25) is 5.91 Å². The minimum atomic E-state index is -1.38. The molecule has 1 aliphatic heterocycles. The first-order chi connectivity index (χ1) is 9.57. The largest absolute Gasteiger partial charge is 0.296 e. The average Bonchev–Trinajstić information content (AvgIpc) is 2.59. The van der Waals surface area contributed by atoms with Gasteiger partial charge >= 0.3 is 0 Å². The molecule has 21 heavy (non-hydrogen) atoms. The van der Waals surface area contributed by atoms with Crippen molar-refractivity contribution in [1.29, 1.82) is 0 Å². The number of pyridine rings is 1. The predicted octanol–water partition coefficient (Wildman–Crippen LogP) is 3.38. The number of hydrogen-bond donors (Lipinski definition) is 0. The number of carbonyl (C=O) groups is 1. The van der Waals surface area contributed by atoms with E-state index >= 15 is 0 Å². The van der Waals surface area contributed by atoms with Crippen molar-refractivity contribution in [2.45, 2.75) is 46.8 Å². The molecule has 2 rings (SSSR count). The van der Waals surface area contributed by atoms with Crippen molar-refractivity contribution in [3.63, 3.8) is 0 Å². The van der Waals surface area contributed by atoms with Crippen LogP contribution in [0.5, 0.6) is 0 Å². The molecule has 3 nitrogen and oxygen atoms in total. The van der Waals surface area contributed by atoms with Crippen LogP contribution in [0.3, 0.4) is 0 Å². The maximum atomic E-state index is 12.1. The average molecular weight is 300 g/mol. The van der Waals surface area contributed by atoms with Gasteiger partial charge in [-0.3, -0.25) is 9.69 Å². The first-order valence-electron chi connectivity index (χ1n) is 7.38. The number of aromatic nitrogens is 1. The second-order valence-corrected chi connectivity index (χ2v) is 12.4. The number of rotatable bonds is 1. The van der Waals surface area contributed by atoms with Crippen LogP contribution < -0.4 is 4.90 Å². The first-order valence-corrected chi connectivity index (χ1v) is 10.9. The maximum absolute atomic E-state index is 12.1. The van der Waals surface area contributed by atoms with Gasteiger partial charge in [0, 0.05) is 24.7 Å². The Bertz CT molecular complexity index is 632. The van der Waals surface area contributed by atoms with E-state index in [4.69, 9.17) is 0 Å². The zero-order chi connectivity index (χ0) is 15.8. The molecule has 0 saturated carbocycles. The minimum absolute atomic E-state index is 0.0293. The molecule has 1 fully saturated rings. The monoisotopic (exact) mass is 300 g/mol. The summed E-state index contributed by atoms with van der Waals surface area (Å²) in [5.41, 5.74) is 5.33. The van der Waals surface area contributed by atoms with Gasteiger partial charge in [-0.1, -0.05) is 39.4 Å². The lowest BCUT2D eigenvalue weighted by atomic mass is 9.93. The number of anilines is 1. The lowest BCUT2D eigenvalue weighted by molar-refractivity contribution is -0.117. The van der Waals surface area contributed by atoms with Gasteiger partial charge in [-0.15, -0.1) is 5.54 Å². The predicted molar refractivity (Wildman–Crippen MR) is 89.9 cm³/mol. The summed E-state index contributed by atoms with van der Waals surface area (Å²) < 4.78 is 0. The summed E-state index contributed by atoms with van der Waals surface area (Å²) in [7, 11) is -1.38. The highest BCUT2D eigenvalue weighted by Gasteiger charge is 2.37. The van der Waals surface area contributed by atoms with Crippen LogP contribution in [0.15, 0.2) is 12.3 Å². The molecule has 0 radical (unpaired) electrons. The van der Waals surface area contributed by atoms with E-state index in [2.05, 4.69) is 49.9 Å². The van der Waals surface area contributed by atoms with E-state index in [-0.39, 0.29) is 11.3 Å². The Morgan fingerprint density at radius 1 is 1.33 bits per heavy atom. The summed E-state index contributed by atoms with van der Waals surface area (Å²) in [5.74, 6) is 4.16. The fourth-order valence-corrected chi connectivity index (χ4v) is 2.97. The van der Waals surface area contributed by atoms with Crippen molar-refractivity contribution in [1.82, 2.24) is 4.98 Å². The van der Waals surface area contributed by atoms with Crippen LogP contribution in [-0.2, 0) is 4.79 Å². The molecule has 1 aromatic heterocycles. The molecule has 0 atom stereocenters. The van der Waals surface area contributed by atoms with Gasteiger partial charge in [-0.05, 0) is 24.0 Å². The standard InChI is InChI=1S/C17H24N2OSi/c1-13-9-14(7-8-21(4,5)6)11-18-16(13)19-12-17(2,3)10-15(19)20/h9,11H,10,12H2,1-6H3. The number of hydrogen-bond acceptors (Lipinski definition) is 2. The molecular formula is C17H24N2OSi. The molecule has 0 unspecified atom stereocenters. The molecule has 1 aromatic rings. The summed E-state index contributed by atoms with van der Waals surface area (Å²) in [6, 6.07) is 2.04. The normalized spacial score (nSPS) is 17.6. The highest BCUT2D eigenvalue weighted by Crippen LogP contribution is 2.33. The van der Waals surface area contributed by atoms with E-state index in [1.807, 2.05) is 17.9 Å². The van der Waals surface area contributed by atoms with Crippen LogP contribution in [0.25, 0.3) is 0 Å². The van der Waals surface area contributed by atoms with Crippen molar-refractivity contribution in [3.05, 3.63) is 23.4 Å². The Morgan fingerprint density at radius 3 is 2.48 bits per heavy atom. The lowest BCUT2D eigenvalue weighted by Gasteiger charge is -2.20. The van der Waals surface area contributed by atoms with Crippen LogP contribution in [0, 0.1) is 23.8 Å². The molecule has 1 saturated heterocycles. The molecule has 4 heteroatoms. The fourth-order valence-electron chi connectivity index (χ4n) is 2.45. The number of nitrogens with zero attached hydrogens (tertiary/aromatic N) is 2. The third kappa shape index (κ3) is 3.95. The lowest BCUT2D eigenvalue weighted by Crippen LogP contribution is -2.27. The molecular weight excluding hydrogens is 276 g/mol. The Hall–Kier alpha value is -1.60. The van der Waals surface area contributed by atoms with E-state index in [0.717, 1.165) is 23.5 Å². The van der Waals surface area contributed by atoms with Crippen molar-refractivity contribution in [3.8, 4) is 11.5 Å². The highest BCUT2D eigenvalue weighted by molar-refractivity contribution is 6.83. The van der Waals surface area contributed by atoms with Gasteiger partial charge in [0.25, 0.3) is 0 Å². The maximum Gasteiger partial charge on any atom is 0.228 e. The Labute approximate surface area is 128 Å². The zero-order valence-electron chi connectivity index (χ0n) is 13.9. The van der Waals surface area contributed by atoms with Gasteiger partial charge in [-0.25, -0.2) is 4.98 Å². The number of amides is 1. The van der Waals surface area contributed by atoms with Crippen molar-refractivity contribution in [2.75, 3.05) is 11.4 Å². The van der Waals surface area contributed by atoms with Gasteiger partial charge in [0.1, 0.15) is 13.9 Å². The second-order valence-electron chi connectivity index (χ2n) is 7.69. The molecule has 1 amide bonds. The van der Waals surface area contributed by atoms with Crippen molar-refractivity contribution < 1.29 is 4.79 Å². The van der Waals surface area contributed by atoms with Gasteiger partial charge < -0.3 is 0 Å². The SMILES string of the molecule is Cc1cc(C#C[Si](C)(C)C)cnc1N1CC(C)(C)CC1=O. The Morgan fingerprint density at radius 2 is 2.00 bits per heavy atom. The van der Waals surface area contributed by atoms with E-state index < -0.39 is 8.07 Å². The molecule has 0 aliphatic carbocycles. The molecule has 1 aliphatic rings. The molecule has 0 aromatic carbocycles. The number of aryl methyl sites for hydroxylation is 1. The van der Waals surface area contributed by atoms with Gasteiger partial charge in [0.05, 0.1) is 0 Å². The summed E-state index contributed by atoms with van der Waals surface area (Å²) in [6.07, 6.45) is 2.37. The van der Waals surface area contributed by atoms with Crippen molar-refractivity contribution >= 4 is 19.8 Å². The van der Waals surface area contributed by atoms with Crippen LogP contribution >= 0.6 is 0 Å². The highest BCUT2D eigenvalue weighted by atomic mass is 28.3. The van der Waals surface area contributed by atoms with E-state index in [0.29, 0.717) is 6.42 Å². The van der Waals surface area contributed by atoms with Crippen molar-refractivity contribution in [2.24, 2.45) is 5.41 Å². The summed E-state index contributed by atoms with van der Waals surface area (Å²) in [4.78, 5) is 18.5. The quantitative estimate of drug-likeness (QED) is 0.588. The fraction of sp³-hybridized carbons (Fsp3) is 0.529. The minimum Gasteiger partial charge on any atom is -0.296 e. The third-order valence-electron chi connectivity index (χ3n) is 3.41. The van der Waals surface area contributed by atoms with E-state index in [1.165, 1.54) is 0 Å². The van der Waals surface area contributed by atoms with E-state index in [9.17, 15) is 4.79 Å². The second kappa shape index (κ2) is 5.30. The molecule has 112 valence electrons. The topological polar surface area (TPSA) is 33.2 Å². The zero-order valence-corrected chi connectivity index (χ0v) is 14.9. The summed E-state index contributed by atoms with van der Waals surface area (Å²) in [6.45, 7) is 13.6. The van der Waals surface area contributed by atoms with Crippen LogP contribution in [0.2, 0.25) is 19.6 Å². The van der Waals surface area contributed by atoms with E-state index in [1.54, 1.807) is 6.20 Å². The molecule has 0 bridgehead atoms. The third-order valence-corrected chi connectivity index (χ3v) is 4.28. The molecule has 2 heterocycles. The molecule has 0 spiro atoms. The van der Waals surface area contributed by atoms with Crippen LogP contribution in [0.1, 0.15) is 31.4 Å². The smallest absolute Gasteiger partial charge is 0.228 e. The number of carbonyl (C=O) groups excluding carboxylic acids is 1. The summed E-state index contributed by atoms with van der Waals surface area (Å²) in [5, 5.41) is 0.